The molecule has 0 saturated carbocycles. The predicted molar refractivity (Wildman–Crippen MR) is 91.1 cm³/mol. The molecular weight excluding hydrogens is 302 g/mol. The molecule has 1 aliphatic heterocycles. The van der Waals surface area contributed by atoms with Crippen LogP contribution in [0.1, 0.15) is 0 Å². The topological polar surface area (TPSA) is 77.8 Å². The third kappa shape index (κ3) is 1.66. The van der Waals surface area contributed by atoms with Crippen molar-refractivity contribution in [2.24, 2.45) is 9.98 Å². The smallest absolute Gasteiger partial charge is 0.259 e. The molecule has 4 aromatic rings. The Morgan fingerprint density at radius 3 is 2.33 bits per heavy atom. The summed E-state index contributed by atoms with van der Waals surface area (Å²) in [5.41, 5.74) is -0.347. The minimum atomic E-state index is -0.347. The van der Waals surface area contributed by atoms with E-state index in [-0.39, 0.29) is 11.4 Å². The van der Waals surface area contributed by atoms with Crippen LogP contribution in [-0.4, -0.2) is 10.1 Å². The SMILES string of the molecule is O=c1[nH]c(O)c2cccc3ccc(=C4N=c5ccccc5=N4)c1c32. The molecule has 0 spiro atoms. The number of fused-ring (bicyclic) bond motifs is 1. The van der Waals surface area contributed by atoms with Crippen molar-refractivity contribution in [3.63, 3.8) is 0 Å². The summed E-state index contributed by atoms with van der Waals surface area (Å²) in [6.45, 7) is 0. The summed E-state index contributed by atoms with van der Waals surface area (Å²) in [6, 6.07) is 16.9. The van der Waals surface area contributed by atoms with E-state index in [9.17, 15) is 9.90 Å². The van der Waals surface area contributed by atoms with Crippen LogP contribution in [0.3, 0.4) is 0 Å². The maximum absolute atomic E-state index is 12.5. The lowest BCUT2D eigenvalue weighted by molar-refractivity contribution is 0.459. The molecule has 1 aliphatic rings. The molecule has 0 atom stereocenters. The molecule has 3 aromatic carbocycles. The number of hydrogen-bond donors (Lipinski definition) is 2. The van der Waals surface area contributed by atoms with Crippen molar-refractivity contribution in [3.8, 4) is 5.88 Å². The molecule has 2 N–H and O–H groups in total. The van der Waals surface area contributed by atoms with E-state index in [1.165, 1.54) is 0 Å². The molecule has 114 valence electrons. The largest absolute Gasteiger partial charge is 0.494 e. The van der Waals surface area contributed by atoms with Crippen LogP contribution in [0.15, 0.2) is 69.4 Å². The molecule has 0 amide bonds. The Balaban J connectivity index is 2.07. The minimum absolute atomic E-state index is 0.121. The fraction of sp³-hybridized carbons (Fsp3) is 0. The number of H-pyrrole nitrogens is 1. The minimum Gasteiger partial charge on any atom is -0.494 e. The Labute approximate surface area is 134 Å². The molecule has 24 heavy (non-hydrogen) atoms. The van der Waals surface area contributed by atoms with E-state index in [4.69, 9.17) is 0 Å². The second-order valence-corrected chi connectivity index (χ2v) is 5.73. The molecule has 0 fully saturated rings. The molecule has 0 aliphatic carbocycles. The highest BCUT2D eigenvalue weighted by Crippen LogP contribution is 2.27. The average Bonchev–Trinajstić information content (AvgIpc) is 3.03. The molecule has 0 saturated heterocycles. The Hall–Kier alpha value is -3.47. The number of aromatic amines is 1. The van der Waals surface area contributed by atoms with Crippen molar-refractivity contribution in [3.05, 3.63) is 80.9 Å². The first-order valence-electron chi connectivity index (χ1n) is 7.55. The van der Waals surface area contributed by atoms with Crippen LogP contribution < -0.4 is 21.5 Å². The third-order valence-electron chi connectivity index (χ3n) is 4.34. The summed E-state index contributed by atoms with van der Waals surface area (Å²) in [7, 11) is 0. The molecule has 0 bridgehead atoms. The lowest BCUT2D eigenvalue weighted by Crippen LogP contribution is -2.19. The monoisotopic (exact) mass is 313 g/mol. The molecule has 2 heterocycles. The lowest BCUT2D eigenvalue weighted by atomic mass is 10.0. The number of pyridine rings is 1. The number of benzene rings is 3. The number of nitrogens with zero attached hydrogens (tertiary/aromatic N) is 2. The summed E-state index contributed by atoms with van der Waals surface area (Å²) >= 11 is 0. The molecule has 5 rings (SSSR count). The number of rotatable bonds is 0. The van der Waals surface area contributed by atoms with Gasteiger partial charge in [-0.05, 0) is 29.7 Å². The van der Waals surface area contributed by atoms with E-state index in [1.54, 1.807) is 6.07 Å². The van der Waals surface area contributed by atoms with E-state index in [0.29, 0.717) is 21.8 Å². The Morgan fingerprint density at radius 2 is 1.58 bits per heavy atom. The number of para-hydroxylation sites is 2. The highest BCUT2D eigenvalue weighted by Gasteiger charge is 2.13. The van der Waals surface area contributed by atoms with Crippen LogP contribution in [0.25, 0.3) is 27.4 Å². The second-order valence-electron chi connectivity index (χ2n) is 5.73. The van der Waals surface area contributed by atoms with Gasteiger partial charge in [-0.1, -0.05) is 30.3 Å². The number of hydrogen-bond acceptors (Lipinski definition) is 4. The van der Waals surface area contributed by atoms with Gasteiger partial charge < -0.3 is 5.11 Å². The normalized spacial score (nSPS) is 13.1. The molecule has 5 heteroatoms. The average molecular weight is 313 g/mol. The van der Waals surface area contributed by atoms with Crippen LogP contribution >= 0.6 is 0 Å². The predicted octanol–water partition coefficient (Wildman–Crippen LogP) is 1.12. The first-order valence-corrected chi connectivity index (χ1v) is 7.55. The van der Waals surface area contributed by atoms with Crippen LogP contribution in [0, 0.1) is 0 Å². The zero-order valence-corrected chi connectivity index (χ0v) is 12.4. The van der Waals surface area contributed by atoms with Gasteiger partial charge in [-0.15, -0.1) is 0 Å². The van der Waals surface area contributed by atoms with Crippen molar-refractivity contribution in [1.29, 1.82) is 0 Å². The summed E-state index contributed by atoms with van der Waals surface area (Å²) in [5.74, 6) is 0.392. The quantitative estimate of drug-likeness (QED) is 0.510. The van der Waals surface area contributed by atoms with Crippen molar-refractivity contribution >= 4 is 27.4 Å². The number of aromatic hydroxyl groups is 1. The maximum Gasteiger partial charge on any atom is 0.259 e. The van der Waals surface area contributed by atoms with Gasteiger partial charge in [-0.3, -0.25) is 9.78 Å². The highest BCUT2D eigenvalue weighted by atomic mass is 16.3. The van der Waals surface area contributed by atoms with Gasteiger partial charge in [0.05, 0.1) is 16.1 Å². The number of nitrogens with one attached hydrogen (secondary N) is 1. The van der Waals surface area contributed by atoms with Crippen LogP contribution in [0.2, 0.25) is 0 Å². The second kappa shape index (κ2) is 4.52. The summed E-state index contributed by atoms with van der Waals surface area (Å²) in [4.78, 5) is 24.2. The summed E-state index contributed by atoms with van der Waals surface area (Å²) in [5, 5.41) is 15.0. The molecular formula is C19H11N3O2. The van der Waals surface area contributed by atoms with Crippen LogP contribution in [-0.2, 0) is 0 Å². The fourth-order valence-electron chi connectivity index (χ4n) is 3.26. The summed E-state index contributed by atoms with van der Waals surface area (Å²) < 4.78 is 0. The molecule has 1 aromatic heterocycles. The van der Waals surface area contributed by atoms with Crippen molar-refractivity contribution in [2.45, 2.75) is 0 Å². The lowest BCUT2D eigenvalue weighted by Gasteiger charge is -2.07. The van der Waals surface area contributed by atoms with Crippen LogP contribution in [0.5, 0.6) is 5.88 Å². The Bertz CT molecular complexity index is 1350. The standard InChI is InChI=1S/C19H11N3O2/c23-18-12-5-3-4-10-8-9-11(16(15(10)12)19(24)22-18)17-20-13-6-1-2-7-14(13)21-17/h1-9H,(H2,22,23,24). The van der Waals surface area contributed by atoms with Gasteiger partial charge in [0.25, 0.3) is 5.56 Å². The number of aromatic nitrogens is 1. The Morgan fingerprint density at radius 1 is 0.833 bits per heavy atom. The van der Waals surface area contributed by atoms with Gasteiger partial charge in [0.1, 0.15) is 0 Å². The van der Waals surface area contributed by atoms with Gasteiger partial charge in [0.15, 0.2) is 11.7 Å². The van der Waals surface area contributed by atoms with Gasteiger partial charge in [-0.25, -0.2) is 9.98 Å². The third-order valence-corrected chi connectivity index (χ3v) is 4.34. The van der Waals surface area contributed by atoms with Crippen LogP contribution in [0.4, 0.5) is 0 Å². The van der Waals surface area contributed by atoms with E-state index in [2.05, 4.69) is 15.0 Å². The molecule has 0 unspecified atom stereocenters. The van der Waals surface area contributed by atoms with E-state index < -0.39 is 0 Å². The van der Waals surface area contributed by atoms with E-state index in [0.717, 1.165) is 21.5 Å². The maximum atomic E-state index is 12.5. The fourth-order valence-corrected chi connectivity index (χ4v) is 3.26. The first kappa shape index (κ1) is 13.0. The van der Waals surface area contributed by atoms with Gasteiger partial charge in [-0.2, -0.15) is 0 Å². The van der Waals surface area contributed by atoms with Gasteiger partial charge >= 0.3 is 0 Å². The zero-order chi connectivity index (χ0) is 16.3. The van der Waals surface area contributed by atoms with Crippen molar-refractivity contribution in [1.82, 2.24) is 4.98 Å². The molecule has 0 radical (unpaired) electrons. The van der Waals surface area contributed by atoms with Crippen molar-refractivity contribution in [2.75, 3.05) is 0 Å². The first-order chi connectivity index (χ1) is 11.7. The van der Waals surface area contributed by atoms with E-state index in [1.807, 2.05) is 48.5 Å². The zero-order valence-electron chi connectivity index (χ0n) is 12.4. The van der Waals surface area contributed by atoms with Gasteiger partial charge in [0, 0.05) is 16.0 Å². The van der Waals surface area contributed by atoms with Crippen molar-refractivity contribution < 1.29 is 5.11 Å². The summed E-state index contributed by atoms with van der Waals surface area (Å²) in [6.07, 6.45) is 0. The van der Waals surface area contributed by atoms with Gasteiger partial charge in [0.2, 0.25) is 0 Å². The molecule has 5 nitrogen and oxygen atoms in total. The Kier molecular flexibility index (Phi) is 2.45. The van der Waals surface area contributed by atoms with E-state index >= 15 is 0 Å². The highest BCUT2D eigenvalue weighted by molar-refractivity contribution is 6.11.